The lowest BCUT2D eigenvalue weighted by Crippen LogP contribution is -2.39. The minimum Gasteiger partial charge on any atom is -0.444 e. The van der Waals surface area contributed by atoms with E-state index in [1.54, 1.807) is 0 Å². The number of nitrogens with one attached hydrogen (secondary N) is 1. The predicted molar refractivity (Wildman–Crippen MR) is 167 cm³/mol. The Balaban J connectivity index is 1.09. The minimum absolute atomic E-state index is 0.0773. The SMILES string of the molecule is [B-]P1(=O)OC[C@H]2O[C@@H](n3cnc4c(N)ncnc43)C(F)C2OP(O)(=S)OC[C@H]2O[C@@H](n3nc4c5c(ncnc53)NCCC4)C(OC)C2O1. The molecule has 3 radical (unpaired) electrons. The van der Waals surface area contributed by atoms with E-state index in [1.807, 2.05) is 0 Å². The number of alkyl halides is 1. The molecular formula is C24H28BFN10O9P2S-. The minimum atomic E-state index is -4.43. The molecule has 0 amide bonds. The van der Waals surface area contributed by atoms with Crippen LogP contribution < -0.4 is 11.1 Å². The molecule has 4 aromatic rings. The second-order valence-electron chi connectivity index (χ2n) is 11.4. The van der Waals surface area contributed by atoms with E-state index >= 15 is 4.39 Å². The van der Waals surface area contributed by atoms with E-state index < -0.39 is 76.6 Å². The van der Waals surface area contributed by atoms with Gasteiger partial charge in [-0.3, -0.25) is 9.09 Å². The largest absolute Gasteiger partial charge is 0.444 e. The summed E-state index contributed by atoms with van der Waals surface area (Å²) in [4.78, 5) is 32.1. The number of hydrogen-bond acceptors (Lipinski definition) is 17. The molecule has 4 N–H and O–H groups in total. The van der Waals surface area contributed by atoms with Crippen LogP contribution in [0.3, 0.4) is 0 Å². The Bertz CT molecular complexity index is 1980. The number of aryl methyl sites for hydroxylation is 1. The lowest BCUT2D eigenvalue weighted by Gasteiger charge is -2.35. The number of imidazole rings is 1. The molecule has 6 unspecified atom stereocenters. The fraction of sp³-hybridized carbons (Fsp3) is 0.583. The second kappa shape index (κ2) is 12.2. The predicted octanol–water partition coefficient (Wildman–Crippen LogP) is 1.06. The quantitative estimate of drug-likeness (QED) is 0.198. The van der Waals surface area contributed by atoms with Crippen LogP contribution >= 0.6 is 14.2 Å². The Kier molecular flexibility index (Phi) is 8.28. The number of anilines is 2. The summed E-state index contributed by atoms with van der Waals surface area (Å²) < 4.78 is 73.4. The van der Waals surface area contributed by atoms with E-state index in [-0.39, 0.29) is 17.0 Å². The summed E-state index contributed by atoms with van der Waals surface area (Å²) in [6.07, 6.45) is -5.15. The van der Waals surface area contributed by atoms with Crippen LogP contribution in [0.25, 0.3) is 22.2 Å². The summed E-state index contributed by atoms with van der Waals surface area (Å²) >= 11 is 5.29. The molecular weight excluding hydrogens is 696 g/mol. The number of ether oxygens (including phenoxy) is 3. The number of nitrogens with two attached hydrogens (primary N) is 1. The average molecular weight is 724 g/mol. The van der Waals surface area contributed by atoms with Gasteiger partial charge in [-0.1, -0.05) is 0 Å². The third kappa shape index (κ3) is 5.62. The van der Waals surface area contributed by atoms with Crippen LogP contribution in [0.4, 0.5) is 16.0 Å². The van der Waals surface area contributed by atoms with Crippen molar-refractivity contribution in [3.05, 3.63) is 24.7 Å². The lowest BCUT2D eigenvalue weighted by atomic mass is 10.1. The van der Waals surface area contributed by atoms with Gasteiger partial charge in [0, 0.05) is 13.7 Å². The summed E-state index contributed by atoms with van der Waals surface area (Å²) in [5, 5.41) is 8.78. The molecule has 3 fully saturated rings. The first-order valence-corrected chi connectivity index (χ1v) is 19.0. The molecule has 0 spiro atoms. The molecule has 24 heteroatoms. The fourth-order valence-electron chi connectivity index (χ4n) is 6.37. The number of nitrogen functional groups attached to an aromatic ring is 1. The number of halogens is 1. The van der Waals surface area contributed by atoms with E-state index in [1.165, 1.54) is 35.3 Å². The molecule has 19 nitrogen and oxygen atoms in total. The van der Waals surface area contributed by atoms with Gasteiger partial charge in [0.25, 0.3) is 0 Å². The molecule has 4 aromatic heterocycles. The monoisotopic (exact) mass is 724 g/mol. The Labute approximate surface area is 277 Å². The first kappa shape index (κ1) is 32.5. The summed E-state index contributed by atoms with van der Waals surface area (Å²) in [7, 11) is 3.05. The standard InChI is InChI=1S/C24H28BFN10O9P2S/c1-39-18-17-12(43-24(18)36-21-13-10(34-36)3-2-4-28-20(13)30-8-31-21)6-41-47(38,48)45-16-11(5-40-46(25,37)44-17)42-23(14(16)26)35-9-33-15-19(27)29-7-32-22(15)35/h7-9,11-12,14,16-18,23-24H,2-6H2,1H3,(H,38,48)(H2,27,29,32)(H,28,30,31)/q-1/t11-,12-,14?,16?,17?,18?,23-,24-,46?,47?/m1/s1. The summed E-state index contributed by atoms with van der Waals surface area (Å²) in [5.41, 5.74) is 7.50. The molecule has 4 aliphatic rings. The molecule has 0 aromatic carbocycles. The first-order valence-electron chi connectivity index (χ1n) is 14.8. The van der Waals surface area contributed by atoms with Gasteiger partial charge < -0.3 is 55.9 Å². The van der Waals surface area contributed by atoms with Crippen LogP contribution in [0.5, 0.6) is 0 Å². The third-order valence-electron chi connectivity index (χ3n) is 8.52. The van der Waals surface area contributed by atoms with Crippen molar-refractivity contribution in [3.63, 3.8) is 0 Å². The van der Waals surface area contributed by atoms with Crippen molar-refractivity contribution < 1.29 is 46.2 Å². The van der Waals surface area contributed by atoms with Crippen LogP contribution in [0.15, 0.2) is 19.0 Å². The van der Waals surface area contributed by atoms with Gasteiger partial charge in [0.05, 0.1) is 38.1 Å². The van der Waals surface area contributed by atoms with Crippen molar-refractivity contribution in [1.82, 2.24) is 39.3 Å². The van der Waals surface area contributed by atoms with E-state index in [0.717, 1.165) is 24.0 Å². The van der Waals surface area contributed by atoms with Gasteiger partial charge in [-0.05, 0) is 24.6 Å². The number of aromatic nitrogens is 8. The highest BCUT2D eigenvalue weighted by Crippen LogP contribution is 2.54. The van der Waals surface area contributed by atoms with Gasteiger partial charge in [0.15, 0.2) is 35.7 Å². The van der Waals surface area contributed by atoms with Crippen LogP contribution in [0, 0.1) is 0 Å². The van der Waals surface area contributed by atoms with Crippen molar-refractivity contribution in [3.8, 4) is 0 Å². The Morgan fingerprint density at radius 3 is 2.67 bits per heavy atom. The number of nitrogens with zero attached hydrogens (tertiary/aromatic N) is 8. The molecule has 8 rings (SSSR count). The van der Waals surface area contributed by atoms with Crippen molar-refractivity contribution in [2.45, 2.75) is 62.0 Å². The Morgan fingerprint density at radius 2 is 1.83 bits per heavy atom. The maximum Gasteiger partial charge on any atom is 0.325 e. The number of fused-ring (bicyclic) bond motifs is 3. The van der Waals surface area contributed by atoms with E-state index in [9.17, 15) is 9.46 Å². The van der Waals surface area contributed by atoms with Gasteiger partial charge in [-0.25, -0.2) is 34.0 Å². The van der Waals surface area contributed by atoms with Crippen molar-refractivity contribution in [1.29, 1.82) is 0 Å². The molecule has 0 saturated carbocycles. The zero-order chi connectivity index (χ0) is 33.4. The first-order chi connectivity index (χ1) is 23.0. The maximum absolute atomic E-state index is 16.1. The Hall–Kier alpha value is -2.75. The molecule has 48 heavy (non-hydrogen) atoms. The zero-order valence-electron chi connectivity index (χ0n) is 25.0. The summed E-state index contributed by atoms with van der Waals surface area (Å²) in [6, 6.07) is 0. The fourth-order valence-corrected chi connectivity index (χ4v) is 8.82. The second-order valence-corrected chi connectivity index (χ2v) is 15.8. The van der Waals surface area contributed by atoms with Crippen molar-refractivity contribution >= 4 is 67.4 Å². The number of methoxy groups -OCH3 is 1. The van der Waals surface area contributed by atoms with Crippen LogP contribution in [0.1, 0.15) is 24.6 Å². The van der Waals surface area contributed by atoms with Gasteiger partial charge in [0.1, 0.15) is 54.5 Å². The summed E-state index contributed by atoms with van der Waals surface area (Å²) in [6.45, 7) is -4.51. The van der Waals surface area contributed by atoms with E-state index in [0.29, 0.717) is 17.9 Å². The number of hydrogen-bond donors (Lipinski definition) is 3. The van der Waals surface area contributed by atoms with Gasteiger partial charge in [-0.15, -0.1) is 0 Å². The van der Waals surface area contributed by atoms with Gasteiger partial charge in [0.2, 0.25) is 0 Å². The van der Waals surface area contributed by atoms with Crippen LogP contribution in [0.2, 0.25) is 0 Å². The highest BCUT2D eigenvalue weighted by atomic mass is 32.5. The van der Waals surface area contributed by atoms with E-state index in [2.05, 4.69) is 30.2 Å². The molecule has 4 aliphatic heterocycles. The molecule has 8 heterocycles. The molecule has 0 aliphatic carbocycles. The number of rotatable bonds is 3. The highest BCUT2D eigenvalue weighted by Gasteiger charge is 2.53. The topological polar surface area (TPSA) is 227 Å². The molecule has 0 bridgehead atoms. The third-order valence-corrected chi connectivity index (χ3v) is 11.1. The lowest BCUT2D eigenvalue weighted by molar-refractivity contribution is -0.0652. The Morgan fingerprint density at radius 1 is 1.08 bits per heavy atom. The smallest absolute Gasteiger partial charge is 0.325 e. The van der Waals surface area contributed by atoms with Gasteiger partial charge in [-0.2, -0.15) is 5.10 Å². The zero-order valence-corrected chi connectivity index (χ0v) is 27.6. The highest BCUT2D eigenvalue weighted by molar-refractivity contribution is 8.07. The van der Waals surface area contributed by atoms with Crippen molar-refractivity contribution in [2.75, 3.05) is 37.9 Å². The normalized spacial score (nSPS) is 37.3. The molecule has 255 valence electrons. The summed E-state index contributed by atoms with van der Waals surface area (Å²) in [5.74, 6) is 0.711. The van der Waals surface area contributed by atoms with E-state index in [4.69, 9.17) is 62.5 Å². The van der Waals surface area contributed by atoms with Crippen molar-refractivity contribution in [2.24, 2.45) is 0 Å². The van der Waals surface area contributed by atoms with Crippen LogP contribution in [-0.2, 0) is 55.1 Å². The average Bonchev–Trinajstić information content (AvgIpc) is 3.77. The van der Waals surface area contributed by atoms with Crippen LogP contribution in [-0.4, -0.2) is 115 Å². The van der Waals surface area contributed by atoms with Gasteiger partial charge >= 0.3 is 6.72 Å². The maximum atomic E-state index is 16.1. The molecule has 3 saturated heterocycles. The molecule has 10 atom stereocenters.